The minimum absolute atomic E-state index is 0.215. The first-order valence-electron chi connectivity index (χ1n) is 10.2. The van der Waals surface area contributed by atoms with Gasteiger partial charge in [0.05, 0.1) is 20.3 Å². The third kappa shape index (κ3) is 3.28. The highest BCUT2D eigenvalue weighted by molar-refractivity contribution is 6.06. The highest BCUT2D eigenvalue weighted by atomic mass is 16.5. The predicted octanol–water partition coefficient (Wildman–Crippen LogP) is 4.44. The van der Waals surface area contributed by atoms with Crippen molar-refractivity contribution < 1.29 is 14.3 Å². The second-order valence-electron chi connectivity index (χ2n) is 7.56. The average molecular weight is 411 g/mol. The summed E-state index contributed by atoms with van der Waals surface area (Å²) in [5.74, 6) is 0.346. The number of carbonyl (C=O) groups excluding carboxylic acids is 1. The number of nitrogens with zero attached hydrogens (tertiary/aromatic N) is 1. The molecule has 0 fully saturated rings. The third-order valence-electron chi connectivity index (χ3n) is 5.71. The Bertz CT molecular complexity index is 1360. The minimum atomic E-state index is -0.536. The van der Waals surface area contributed by atoms with Crippen LogP contribution in [0.1, 0.15) is 21.6 Å². The number of rotatable bonds is 4. The molecule has 0 amide bonds. The van der Waals surface area contributed by atoms with E-state index in [1.54, 1.807) is 6.07 Å². The van der Waals surface area contributed by atoms with Gasteiger partial charge in [-0.1, -0.05) is 60.7 Å². The van der Waals surface area contributed by atoms with E-state index in [1.165, 1.54) is 11.7 Å². The van der Waals surface area contributed by atoms with E-state index in [0.717, 1.165) is 34.2 Å². The van der Waals surface area contributed by atoms with Crippen molar-refractivity contribution in [2.24, 2.45) is 0 Å². The Balaban J connectivity index is 1.80. The molecule has 0 bridgehead atoms. The molecule has 1 aromatic heterocycles. The van der Waals surface area contributed by atoms with Crippen molar-refractivity contribution in [2.45, 2.75) is 13.0 Å². The molecule has 0 N–H and O–H groups in total. The molecule has 0 spiro atoms. The van der Waals surface area contributed by atoms with Crippen LogP contribution in [0.15, 0.2) is 77.6 Å². The third-order valence-corrected chi connectivity index (χ3v) is 5.71. The first kappa shape index (κ1) is 19.1. The summed E-state index contributed by atoms with van der Waals surface area (Å²) >= 11 is 0. The van der Waals surface area contributed by atoms with E-state index in [4.69, 9.17) is 9.47 Å². The summed E-state index contributed by atoms with van der Waals surface area (Å²) in [6.45, 7) is 0.932. The van der Waals surface area contributed by atoms with Gasteiger partial charge in [0, 0.05) is 17.4 Å². The number of pyridine rings is 1. The molecule has 1 aliphatic rings. The van der Waals surface area contributed by atoms with E-state index in [0.29, 0.717) is 17.6 Å². The second-order valence-corrected chi connectivity index (χ2v) is 7.56. The Morgan fingerprint density at radius 3 is 2.52 bits per heavy atom. The summed E-state index contributed by atoms with van der Waals surface area (Å²) < 4.78 is 12.3. The molecule has 5 heteroatoms. The average Bonchev–Trinajstić information content (AvgIpc) is 3.28. The molecule has 154 valence electrons. The lowest BCUT2D eigenvalue weighted by Crippen LogP contribution is -2.28. The van der Waals surface area contributed by atoms with Crippen molar-refractivity contribution in [1.82, 2.24) is 4.57 Å². The minimum Gasteiger partial charge on any atom is -0.493 e. The van der Waals surface area contributed by atoms with Crippen LogP contribution in [0.5, 0.6) is 5.75 Å². The molecule has 1 aliphatic heterocycles. The van der Waals surface area contributed by atoms with Crippen molar-refractivity contribution >= 4 is 16.7 Å². The Morgan fingerprint density at radius 1 is 1.00 bits per heavy atom. The molecule has 0 unspecified atom stereocenters. The van der Waals surface area contributed by atoms with Crippen molar-refractivity contribution in [3.8, 4) is 16.9 Å². The standard InChI is InChI=1S/C26H21NO4/c1-30-26(29)24-23(18-7-3-2-4-8-18)20-9-5-6-10-21(20)25(28)27(24)16-17-11-12-22-19(15-17)13-14-31-22/h2-12,15H,13-14,16H2,1H3. The van der Waals surface area contributed by atoms with Crippen LogP contribution < -0.4 is 10.3 Å². The van der Waals surface area contributed by atoms with Crippen LogP contribution in [0.25, 0.3) is 21.9 Å². The molecule has 0 atom stereocenters. The van der Waals surface area contributed by atoms with Crippen LogP contribution in [0.4, 0.5) is 0 Å². The molecule has 5 nitrogen and oxygen atoms in total. The van der Waals surface area contributed by atoms with Gasteiger partial charge in [-0.15, -0.1) is 0 Å². The van der Waals surface area contributed by atoms with Crippen LogP contribution in [0.3, 0.4) is 0 Å². The van der Waals surface area contributed by atoms with Gasteiger partial charge in [0.25, 0.3) is 5.56 Å². The lowest BCUT2D eigenvalue weighted by Gasteiger charge is -2.19. The summed E-state index contributed by atoms with van der Waals surface area (Å²) in [5.41, 5.74) is 3.66. The van der Waals surface area contributed by atoms with Crippen molar-refractivity contribution in [1.29, 1.82) is 0 Å². The topological polar surface area (TPSA) is 57.5 Å². The maximum Gasteiger partial charge on any atom is 0.355 e. The zero-order chi connectivity index (χ0) is 21.4. The molecule has 4 aromatic rings. The Hall–Kier alpha value is -3.86. The molecule has 31 heavy (non-hydrogen) atoms. The monoisotopic (exact) mass is 411 g/mol. The SMILES string of the molecule is COC(=O)c1c(-c2ccccc2)c2ccccc2c(=O)n1Cc1ccc2c(c1)CCO2. The molecule has 3 aromatic carbocycles. The van der Waals surface area contributed by atoms with Gasteiger partial charge in [-0.25, -0.2) is 4.79 Å². The lowest BCUT2D eigenvalue weighted by atomic mass is 9.96. The zero-order valence-corrected chi connectivity index (χ0v) is 17.1. The van der Waals surface area contributed by atoms with E-state index in [1.807, 2.05) is 66.7 Å². The van der Waals surface area contributed by atoms with Crippen LogP contribution in [-0.2, 0) is 17.7 Å². The molecule has 5 rings (SSSR count). The van der Waals surface area contributed by atoms with Crippen LogP contribution in [0.2, 0.25) is 0 Å². The van der Waals surface area contributed by atoms with Crippen LogP contribution >= 0.6 is 0 Å². The largest absolute Gasteiger partial charge is 0.493 e. The fraction of sp³-hybridized carbons (Fsp3) is 0.154. The molecule has 0 radical (unpaired) electrons. The van der Waals surface area contributed by atoms with Crippen molar-refractivity contribution in [3.63, 3.8) is 0 Å². The molecule has 0 saturated carbocycles. The number of aromatic nitrogens is 1. The van der Waals surface area contributed by atoms with Gasteiger partial charge < -0.3 is 9.47 Å². The summed E-state index contributed by atoms with van der Waals surface area (Å²) in [5, 5.41) is 1.30. The van der Waals surface area contributed by atoms with Gasteiger partial charge in [0.2, 0.25) is 0 Å². The van der Waals surface area contributed by atoms with Gasteiger partial charge in [0.15, 0.2) is 0 Å². The predicted molar refractivity (Wildman–Crippen MR) is 120 cm³/mol. The normalized spacial score (nSPS) is 12.4. The second kappa shape index (κ2) is 7.76. The van der Waals surface area contributed by atoms with E-state index in [-0.39, 0.29) is 17.8 Å². The highest BCUT2D eigenvalue weighted by Crippen LogP contribution is 2.32. The van der Waals surface area contributed by atoms with E-state index in [2.05, 4.69) is 0 Å². The number of carbonyl (C=O) groups is 1. The zero-order valence-electron chi connectivity index (χ0n) is 17.1. The highest BCUT2D eigenvalue weighted by Gasteiger charge is 2.24. The summed E-state index contributed by atoms with van der Waals surface area (Å²) in [4.78, 5) is 26.5. The number of methoxy groups -OCH3 is 1. The number of esters is 1. The summed E-state index contributed by atoms with van der Waals surface area (Å²) in [7, 11) is 1.34. The molecular weight excluding hydrogens is 390 g/mol. The fourth-order valence-electron chi connectivity index (χ4n) is 4.27. The molecule has 0 aliphatic carbocycles. The summed E-state index contributed by atoms with van der Waals surface area (Å²) in [6.07, 6.45) is 0.842. The maximum atomic E-state index is 13.5. The van der Waals surface area contributed by atoms with Crippen LogP contribution in [0, 0.1) is 0 Å². The Kier molecular flexibility index (Phi) is 4.79. The molecular formula is C26H21NO4. The quantitative estimate of drug-likeness (QED) is 0.466. The number of fused-ring (bicyclic) bond motifs is 2. The molecule has 0 saturated heterocycles. The lowest BCUT2D eigenvalue weighted by molar-refractivity contribution is 0.0588. The van der Waals surface area contributed by atoms with Gasteiger partial charge in [-0.2, -0.15) is 0 Å². The van der Waals surface area contributed by atoms with Crippen LogP contribution in [-0.4, -0.2) is 24.3 Å². The van der Waals surface area contributed by atoms with Crippen molar-refractivity contribution in [3.05, 3.63) is 100.0 Å². The first-order chi connectivity index (χ1) is 15.2. The summed E-state index contributed by atoms with van der Waals surface area (Å²) in [6, 6.07) is 23.0. The number of ether oxygens (including phenoxy) is 2. The number of hydrogen-bond acceptors (Lipinski definition) is 4. The van der Waals surface area contributed by atoms with Gasteiger partial charge in [-0.3, -0.25) is 9.36 Å². The smallest absolute Gasteiger partial charge is 0.355 e. The van der Waals surface area contributed by atoms with E-state index < -0.39 is 5.97 Å². The first-order valence-corrected chi connectivity index (χ1v) is 10.2. The maximum absolute atomic E-state index is 13.5. The van der Waals surface area contributed by atoms with E-state index >= 15 is 0 Å². The molecule has 2 heterocycles. The van der Waals surface area contributed by atoms with Gasteiger partial charge >= 0.3 is 5.97 Å². The Labute approximate surface area is 179 Å². The Morgan fingerprint density at radius 2 is 1.74 bits per heavy atom. The van der Waals surface area contributed by atoms with Crippen molar-refractivity contribution in [2.75, 3.05) is 13.7 Å². The number of benzene rings is 3. The van der Waals surface area contributed by atoms with E-state index in [9.17, 15) is 9.59 Å². The van der Waals surface area contributed by atoms with Gasteiger partial charge in [-0.05, 0) is 34.2 Å². The fourth-order valence-corrected chi connectivity index (χ4v) is 4.27. The van der Waals surface area contributed by atoms with Gasteiger partial charge in [0.1, 0.15) is 11.4 Å². The number of hydrogen-bond donors (Lipinski definition) is 0.